The number of aromatic nitrogens is 2. The van der Waals surface area contributed by atoms with Gasteiger partial charge in [-0.25, -0.2) is 10.2 Å². The standard InChI is InChI=1S/C11H16N4O2/c1-8(9-5-6-12-13-7-9)14-15-10(16)17-11(2,3)4/h5-7H,1-4H3,(H,15,16)/b14-8+. The van der Waals surface area contributed by atoms with E-state index in [0.29, 0.717) is 5.71 Å². The zero-order valence-corrected chi connectivity index (χ0v) is 10.4. The molecular formula is C11H16N4O2. The molecule has 1 aromatic heterocycles. The summed E-state index contributed by atoms with van der Waals surface area (Å²) in [5.41, 5.74) is 3.20. The molecule has 0 saturated heterocycles. The van der Waals surface area contributed by atoms with Gasteiger partial charge in [-0.2, -0.15) is 15.3 Å². The lowest BCUT2D eigenvalue weighted by Gasteiger charge is -2.18. The Balaban J connectivity index is 2.57. The number of hydrazone groups is 1. The lowest BCUT2D eigenvalue weighted by atomic mass is 10.2. The summed E-state index contributed by atoms with van der Waals surface area (Å²) in [5, 5.41) is 11.3. The largest absolute Gasteiger partial charge is 0.443 e. The van der Waals surface area contributed by atoms with Gasteiger partial charge < -0.3 is 4.74 Å². The van der Waals surface area contributed by atoms with Crippen molar-refractivity contribution >= 4 is 11.8 Å². The Morgan fingerprint density at radius 1 is 1.41 bits per heavy atom. The van der Waals surface area contributed by atoms with Gasteiger partial charge in [0.05, 0.1) is 18.1 Å². The van der Waals surface area contributed by atoms with Crippen molar-refractivity contribution in [2.75, 3.05) is 0 Å². The van der Waals surface area contributed by atoms with Gasteiger partial charge in [0.25, 0.3) is 0 Å². The molecule has 0 fully saturated rings. The molecule has 0 aliphatic carbocycles. The van der Waals surface area contributed by atoms with Crippen molar-refractivity contribution in [2.24, 2.45) is 5.10 Å². The molecule has 6 nitrogen and oxygen atoms in total. The fourth-order valence-electron chi connectivity index (χ4n) is 1.000. The van der Waals surface area contributed by atoms with Gasteiger partial charge in [-0.15, -0.1) is 0 Å². The first-order chi connectivity index (χ1) is 7.88. The monoisotopic (exact) mass is 236 g/mol. The highest BCUT2D eigenvalue weighted by Crippen LogP contribution is 2.06. The zero-order chi connectivity index (χ0) is 12.9. The number of ether oxygens (including phenoxy) is 1. The lowest BCUT2D eigenvalue weighted by Crippen LogP contribution is -2.30. The topological polar surface area (TPSA) is 76.5 Å². The van der Waals surface area contributed by atoms with Gasteiger partial charge >= 0.3 is 6.09 Å². The van der Waals surface area contributed by atoms with Gasteiger partial charge in [-0.3, -0.25) is 0 Å². The molecule has 0 unspecified atom stereocenters. The molecule has 92 valence electrons. The first kappa shape index (κ1) is 13.1. The summed E-state index contributed by atoms with van der Waals surface area (Å²) >= 11 is 0. The van der Waals surface area contributed by atoms with Crippen molar-refractivity contribution in [3.8, 4) is 0 Å². The fourth-order valence-corrected chi connectivity index (χ4v) is 1.000. The van der Waals surface area contributed by atoms with Crippen LogP contribution < -0.4 is 5.43 Å². The van der Waals surface area contributed by atoms with Crippen LogP contribution in [0.5, 0.6) is 0 Å². The van der Waals surface area contributed by atoms with Gasteiger partial charge in [0.1, 0.15) is 5.60 Å². The van der Waals surface area contributed by atoms with Crippen molar-refractivity contribution < 1.29 is 9.53 Å². The number of rotatable bonds is 2. The average molecular weight is 236 g/mol. The SMILES string of the molecule is C/C(=N\NC(=O)OC(C)(C)C)c1ccnnc1. The number of carbonyl (C=O) groups is 1. The van der Waals surface area contributed by atoms with Gasteiger partial charge in [-0.05, 0) is 33.8 Å². The molecule has 0 atom stereocenters. The molecule has 0 saturated carbocycles. The summed E-state index contributed by atoms with van der Waals surface area (Å²) < 4.78 is 5.04. The summed E-state index contributed by atoms with van der Waals surface area (Å²) in [5.74, 6) is 0. The summed E-state index contributed by atoms with van der Waals surface area (Å²) in [7, 11) is 0. The number of carbonyl (C=O) groups excluding carboxylic acids is 1. The Bertz CT molecular complexity index is 409. The minimum absolute atomic E-state index is 0.536. The van der Waals surface area contributed by atoms with Gasteiger partial charge in [0, 0.05) is 5.56 Å². The van der Waals surface area contributed by atoms with Crippen molar-refractivity contribution in [2.45, 2.75) is 33.3 Å². The molecule has 6 heteroatoms. The molecule has 1 heterocycles. The number of hydrogen-bond acceptors (Lipinski definition) is 5. The third-order valence-electron chi connectivity index (χ3n) is 1.72. The Morgan fingerprint density at radius 3 is 2.65 bits per heavy atom. The van der Waals surface area contributed by atoms with Crippen LogP contribution in [0.25, 0.3) is 0 Å². The van der Waals surface area contributed by atoms with Gasteiger partial charge in [-0.1, -0.05) is 0 Å². The lowest BCUT2D eigenvalue weighted by molar-refractivity contribution is 0.0529. The molecule has 0 bridgehead atoms. The number of nitrogens with zero attached hydrogens (tertiary/aromatic N) is 3. The van der Waals surface area contributed by atoms with Crippen LogP contribution in [-0.4, -0.2) is 27.6 Å². The van der Waals surface area contributed by atoms with Crippen LogP contribution in [0.3, 0.4) is 0 Å². The molecule has 1 N–H and O–H groups in total. The summed E-state index contributed by atoms with van der Waals surface area (Å²) in [6, 6.07) is 1.75. The second kappa shape index (κ2) is 5.38. The molecule has 1 rings (SSSR count). The Morgan fingerprint density at radius 2 is 2.12 bits per heavy atom. The van der Waals surface area contributed by atoms with E-state index in [2.05, 4.69) is 20.7 Å². The van der Waals surface area contributed by atoms with Crippen molar-refractivity contribution in [3.63, 3.8) is 0 Å². The number of nitrogens with one attached hydrogen (secondary N) is 1. The minimum atomic E-state index is -0.584. The molecule has 0 aliphatic heterocycles. The molecule has 1 aromatic rings. The van der Waals surface area contributed by atoms with Gasteiger partial charge in [0.2, 0.25) is 0 Å². The summed E-state index contributed by atoms with van der Waals surface area (Å²) in [6.45, 7) is 7.12. The van der Waals surface area contributed by atoms with Crippen molar-refractivity contribution in [3.05, 3.63) is 24.0 Å². The minimum Gasteiger partial charge on any atom is -0.443 e. The highest BCUT2D eigenvalue weighted by molar-refractivity contribution is 5.98. The second-order valence-corrected chi connectivity index (χ2v) is 4.44. The van der Waals surface area contributed by atoms with E-state index in [-0.39, 0.29) is 0 Å². The predicted molar refractivity (Wildman–Crippen MR) is 63.6 cm³/mol. The van der Waals surface area contributed by atoms with E-state index in [1.807, 2.05) is 0 Å². The smallest absolute Gasteiger partial charge is 0.428 e. The first-order valence-electron chi connectivity index (χ1n) is 5.19. The van der Waals surface area contributed by atoms with Crippen molar-refractivity contribution in [1.82, 2.24) is 15.6 Å². The Hall–Kier alpha value is -1.98. The quantitative estimate of drug-likeness (QED) is 0.626. The molecule has 17 heavy (non-hydrogen) atoms. The summed E-state index contributed by atoms with van der Waals surface area (Å²) in [6.07, 6.45) is 2.54. The van der Waals surface area contributed by atoms with Gasteiger partial charge in [0.15, 0.2) is 0 Å². The molecule has 0 radical (unpaired) electrons. The van der Waals surface area contributed by atoms with E-state index < -0.39 is 11.7 Å². The first-order valence-corrected chi connectivity index (χ1v) is 5.19. The molecular weight excluding hydrogens is 220 g/mol. The number of hydrogen-bond donors (Lipinski definition) is 1. The van der Waals surface area contributed by atoms with Crippen LogP contribution in [0.4, 0.5) is 4.79 Å². The van der Waals surface area contributed by atoms with E-state index >= 15 is 0 Å². The number of amides is 1. The Labute approximate surface area is 100 Å². The molecule has 0 aliphatic rings. The summed E-state index contributed by atoms with van der Waals surface area (Å²) in [4.78, 5) is 11.3. The maximum absolute atomic E-state index is 11.3. The highest BCUT2D eigenvalue weighted by atomic mass is 16.6. The molecule has 1 amide bonds. The van der Waals surface area contributed by atoms with Crippen LogP contribution in [0.15, 0.2) is 23.6 Å². The van der Waals surface area contributed by atoms with Crippen LogP contribution in [0, 0.1) is 0 Å². The van der Waals surface area contributed by atoms with Crippen LogP contribution >= 0.6 is 0 Å². The van der Waals surface area contributed by atoms with Crippen molar-refractivity contribution in [1.29, 1.82) is 0 Å². The van der Waals surface area contributed by atoms with E-state index in [4.69, 9.17) is 4.74 Å². The normalized spacial score (nSPS) is 12.1. The maximum atomic E-state index is 11.3. The van der Waals surface area contributed by atoms with Crippen LogP contribution in [0.2, 0.25) is 0 Å². The third-order valence-corrected chi connectivity index (χ3v) is 1.72. The van der Waals surface area contributed by atoms with E-state index in [9.17, 15) is 4.79 Å². The predicted octanol–water partition coefficient (Wildman–Crippen LogP) is 1.73. The van der Waals surface area contributed by atoms with E-state index in [1.165, 1.54) is 0 Å². The molecule has 0 aromatic carbocycles. The molecule has 0 spiro atoms. The second-order valence-electron chi connectivity index (χ2n) is 4.44. The highest BCUT2D eigenvalue weighted by Gasteiger charge is 2.15. The van der Waals surface area contributed by atoms with E-state index in [0.717, 1.165) is 5.56 Å². The maximum Gasteiger partial charge on any atom is 0.428 e. The fraction of sp³-hybridized carbons (Fsp3) is 0.455. The van der Waals surface area contributed by atoms with Crippen LogP contribution in [0.1, 0.15) is 33.3 Å². The zero-order valence-electron chi connectivity index (χ0n) is 10.4. The Kier molecular flexibility index (Phi) is 4.14. The average Bonchev–Trinajstić information content (AvgIpc) is 2.25. The van der Waals surface area contributed by atoms with E-state index in [1.54, 1.807) is 46.2 Å². The van der Waals surface area contributed by atoms with Crippen LogP contribution in [-0.2, 0) is 4.74 Å². The third kappa shape index (κ3) is 5.05.